The normalized spacial score (nSPS) is 12.3. The van der Waals surface area contributed by atoms with Crippen LogP contribution in [0.1, 0.15) is 0 Å². The van der Waals surface area contributed by atoms with Crippen LogP contribution in [0.3, 0.4) is 0 Å². The Bertz CT molecular complexity index is 580. The van der Waals surface area contributed by atoms with E-state index in [2.05, 4.69) is 40.6 Å². The van der Waals surface area contributed by atoms with Crippen LogP contribution in [0, 0.1) is 0 Å². The molecule has 2 aromatic heterocycles. The summed E-state index contributed by atoms with van der Waals surface area (Å²) in [5.74, 6) is 0. The van der Waals surface area contributed by atoms with Gasteiger partial charge in [0, 0.05) is 30.7 Å². The van der Waals surface area contributed by atoms with Gasteiger partial charge in [0.1, 0.15) is 17.5 Å². The van der Waals surface area contributed by atoms with Gasteiger partial charge < -0.3 is 9.30 Å². The van der Waals surface area contributed by atoms with Crippen molar-refractivity contribution in [1.82, 2.24) is 9.55 Å². The molecule has 2 rings (SSSR count). The number of halogens is 2. The van der Waals surface area contributed by atoms with Crippen LogP contribution >= 0.6 is 27.5 Å². The molecule has 0 bridgehead atoms. The third kappa shape index (κ3) is 4.05. The summed E-state index contributed by atoms with van der Waals surface area (Å²) in [6.45, 7) is 8.37. The standard InChI is InChI=1S/C13H18BrClN2OSi/c1-19(2,3)7-6-18-9-17-5-4-10-11(14)8-12(15)16-13(10)17/h4-5,8H,6-7,9H2,1-3H3. The molecule has 0 N–H and O–H groups in total. The van der Waals surface area contributed by atoms with Crippen LogP contribution in [0.4, 0.5) is 0 Å². The molecule has 0 saturated carbocycles. The molecule has 0 unspecified atom stereocenters. The number of hydrogen-bond acceptors (Lipinski definition) is 2. The summed E-state index contributed by atoms with van der Waals surface area (Å²) in [5, 5.41) is 1.54. The van der Waals surface area contributed by atoms with Crippen LogP contribution in [0.2, 0.25) is 30.8 Å². The van der Waals surface area contributed by atoms with Gasteiger partial charge in [0.05, 0.1) is 0 Å². The maximum atomic E-state index is 5.98. The van der Waals surface area contributed by atoms with Crippen LogP contribution in [-0.2, 0) is 11.5 Å². The van der Waals surface area contributed by atoms with Gasteiger partial charge in [-0.15, -0.1) is 0 Å². The van der Waals surface area contributed by atoms with Gasteiger partial charge in [-0.05, 0) is 34.1 Å². The molecular formula is C13H18BrClN2OSi. The van der Waals surface area contributed by atoms with Crippen molar-refractivity contribution < 1.29 is 4.74 Å². The van der Waals surface area contributed by atoms with Gasteiger partial charge >= 0.3 is 0 Å². The molecule has 0 fully saturated rings. The molecule has 0 saturated heterocycles. The van der Waals surface area contributed by atoms with E-state index in [0.29, 0.717) is 11.9 Å². The summed E-state index contributed by atoms with van der Waals surface area (Å²) in [6, 6.07) is 5.00. The third-order valence-electron chi connectivity index (χ3n) is 2.88. The first-order valence-corrected chi connectivity index (χ1v) is 11.1. The van der Waals surface area contributed by atoms with E-state index in [1.165, 1.54) is 6.04 Å². The van der Waals surface area contributed by atoms with Crippen LogP contribution in [0.15, 0.2) is 22.8 Å². The smallest absolute Gasteiger partial charge is 0.144 e. The topological polar surface area (TPSA) is 27.1 Å². The van der Waals surface area contributed by atoms with Crippen molar-refractivity contribution in [3.63, 3.8) is 0 Å². The van der Waals surface area contributed by atoms with Crippen LogP contribution in [-0.4, -0.2) is 24.2 Å². The van der Waals surface area contributed by atoms with E-state index in [9.17, 15) is 0 Å². The van der Waals surface area contributed by atoms with Crippen molar-refractivity contribution in [2.45, 2.75) is 32.4 Å². The van der Waals surface area contributed by atoms with E-state index < -0.39 is 8.07 Å². The Kier molecular flexibility index (Phi) is 4.71. The molecule has 0 amide bonds. The fraction of sp³-hybridized carbons (Fsp3) is 0.462. The Morgan fingerprint density at radius 1 is 1.42 bits per heavy atom. The monoisotopic (exact) mass is 360 g/mol. The zero-order valence-electron chi connectivity index (χ0n) is 11.4. The van der Waals surface area contributed by atoms with E-state index in [1.54, 1.807) is 6.07 Å². The molecule has 19 heavy (non-hydrogen) atoms. The lowest BCUT2D eigenvalue weighted by molar-refractivity contribution is 0.0899. The highest BCUT2D eigenvalue weighted by molar-refractivity contribution is 9.10. The summed E-state index contributed by atoms with van der Waals surface area (Å²) >= 11 is 9.48. The Hall–Kier alpha value is -0.363. The van der Waals surface area contributed by atoms with Crippen molar-refractivity contribution in [2.24, 2.45) is 0 Å². The second kappa shape index (κ2) is 5.95. The van der Waals surface area contributed by atoms with E-state index in [0.717, 1.165) is 22.1 Å². The Labute approximate surface area is 128 Å². The van der Waals surface area contributed by atoms with Crippen molar-refractivity contribution in [3.05, 3.63) is 28.0 Å². The van der Waals surface area contributed by atoms with Gasteiger partial charge in [-0.2, -0.15) is 0 Å². The largest absolute Gasteiger partial charge is 0.361 e. The minimum atomic E-state index is -1.03. The quantitative estimate of drug-likeness (QED) is 0.436. The average molecular weight is 362 g/mol. The Morgan fingerprint density at radius 3 is 2.84 bits per heavy atom. The molecule has 0 aliphatic heterocycles. The molecule has 0 spiro atoms. The molecule has 0 aliphatic carbocycles. The van der Waals surface area contributed by atoms with Crippen LogP contribution in [0.5, 0.6) is 0 Å². The van der Waals surface area contributed by atoms with Crippen LogP contribution < -0.4 is 0 Å². The van der Waals surface area contributed by atoms with Crippen molar-refractivity contribution in [3.8, 4) is 0 Å². The molecule has 0 atom stereocenters. The van der Waals surface area contributed by atoms with E-state index in [-0.39, 0.29) is 0 Å². The first-order chi connectivity index (χ1) is 8.87. The lowest BCUT2D eigenvalue weighted by atomic mass is 10.3. The van der Waals surface area contributed by atoms with E-state index in [4.69, 9.17) is 16.3 Å². The second-order valence-electron chi connectivity index (χ2n) is 5.80. The second-order valence-corrected chi connectivity index (χ2v) is 12.7. The number of rotatable bonds is 5. The zero-order valence-corrected chi connectivity index (χ0v) is 14.8. The molecule has 104 valence electrons. The first kappa shape index (κ1) is 15.0. The van der Waals surface area contributed by atoms with E-state index in [1.807, 2.05) is 16.8 Å². The fourth-order valence-electron chi connectivity index (χ4n) is 1.74. The highest BCUT2D eigenvalue weighted by Crippen LogP contribution is 2.26. The number of fused-ring (bicyclic) bond motifs is 1. The molecule has 2 aromatic rings. The van der Waals surface area contributed by atoms with E-state index >= 15 is 0 Å². The predicted octanol–water partition coefficient (Wildman–Crippen LogP) is 4.76. The SMILES string of the molecule is C[Si](C)(C)CCOCn1ccc2c(Br)cc(Cl)nc21. The van der Waals surface area contributed by atoms with Gasteiger partial charge in [0.2, 0.25) is 0 Å². The van der Waals surface area contributed by atoms with Gasteiger partial charge in [0.25, 0.3) is 0 Å². The number of pyridine rings is 1. The Morgan fingerprint density at radius 2 is 2.16 bits per heavy atom. The molecular weight excluding hydrogens is 344 g/mol. The van der Waals surface area contributed by atoms with Crippen molar-refractivity contribution in [1.29, 1.82) is 0 Å². The highest BCUT2D eigenvalue weighted by atomic mass is 79.9. The zero-order chi connectivity index (χ0) is 14.0. The third-order valence-corrected chi connectivity index (χ3v) is 5.43. The number of nitrogens with zero attached hydrogens (tertiary/aromatic N) is 2. The predicted molar refractivity (Wildman–Crippen MR) is 86.5 cm³/mol. The molecule has 0 aliphatic rings. The molecule has 3 nitrogen and oxygen atoms in total. The maximum absolute atomic E-state index is 5.98. The Balaban J connectivity index is 2.05. The molecule has 0 radical (unpaired) electrons. The van der Waals surface area contributed by atoms with Gasteiger partial charge in [0.15, 0.2) is 0 Å². The molecule has 2 heterocycles. The molecule has 6 heteroatoms. The number of hydrogen-bond donors (Lipinski definition) is 0. The van der Waals surface area contributed by atoms with Crippen LogP contribution in [0.25, 0.3) is 11.0 Å². The minimum absolute atomic E-state index is 0.487. The fourth-order valence-corrected chi connectivity index (χ4v) is 3.34. The average Bonchev–Trinajstić information content (AvgIpc) is 2.66. The lowest BCUT2D eigenvalue weighted by Gasteiger charge is -2.15. The maximum Gasteiger partial charge on any atom is 0.144 e. The number of ether oxygens (including phenoxy) is 1. The summed E-state index contributed by atoms with van der Waals surface area (Å²) in [5.41, 5.74) is 0.854. The molecule has 0 aromatic carbocycles. The summed E-state index contributed by atoms with van der Waals surface area (Å²) in [7, 11) is -1.03. The first-order valence-electron chi connectivity index (χ1n) is 6.25. The highest BCUT2D eigenvalue weighted by Gasteiger charge is 2.12. The summed E-state index contributed by atoms with van der Waals surface area (Å²) < 4.78 is 8.68. The van der Waals surface area contributed by atoms with Gasteiger partial charge in [-0.3, -0.25) is 0 Å². The minimum Gasteiger partial charge on any atom is -0.361 e. The van der Waals surface area contributed by atoms with Crippen molar-refractivity contribution >= 4 is 46.6 Å². The van der Waals surface area contributed by atoms with Crippen molar-refractivity contribution in [2.75, 3.05) is 6.61 Å². The number of aromatic nitrogens is 2. The lowest BCUT2D eigenvalue weighted by Crippen LogP contribution is -2.22. The van der Waals surface area contributed by atoms with Gasteiger partial charge in [-0.25, -0.2) is 4.98 Å². The van der Waals surface area contributed by atoms with Gasteiger partial charge in [-0.1, -0.05) is 31.2 Å². The summed E-state index contributed by atoms with van der Waals surface area (Å²) in [4.78, 5) is 4.35. The summed E-state index contributed by atoms with van der Waals surface area (Å²) in [6.07, 6.45) is 1.98.